The van der Waals surface area contributed by atoms with Crippen LogP contribution >= 0.6 is 0 Å². The molecule has 2 fully saturated rings. The van der Waals surface area contributed by atoms with Crippen molar-refractivity contribution in [1.82, 2.24) is 10.2 Å². The Bertz CT molecular complexity index is 1070. The molecule has 7 nitrogen and oxygen atoms in total. The van der Waals surface area contributed by atoms with E-state index in [4.69, 9.17) is 4.99 Å². The number of amidine groups is 1. The number of likely N-dealkylation sites (tertiary alicyclic amines) is 1. The number of urea groups is 1. The summed E-state index contributed by atoms with van der Waals surface area (Å²) in [5.41, 5.74) is 3.48. The first-order valence-electron chi connectivity index (χ1n) is 11.3. The number of aryl methyl sites for hydroxylation is 1. The SMILES string of the molecule is Cc1cccc(NC(=O)N[C@@H]2N=C(N3CC4CCC(C4)C3)c3ccccc3N(C)C2=O)c1. The smallest absolute Gasteiger partial charge is 0.321 e. The number of fused-ring (bicyclic) bond motifs is 3. The third-order valence-corrected chi connectivity index (χ3v) is 6.77. The van der Waals surface area contributed by atoms with E-state index in [-0.39, 0.29) is 5.91 Å². The van der Waals surface area contributed by atoms with Crippen LogP contribution in [0.1, 0.15) is 30.4 Å². The maximum atomic E-state index is 13.3. The largest absolute Gasteiger partial charge is 0.356 e. The number of para-hydroxylation sites is 1. The highest BCUT2D eigenvalue weighted by Crippen LogP contribution is 2.38. The molecule has 2 N–H and O–H groups in total. The van der Waals surface area contributed by atoms with Gasteiger partial charge in [-0.3, -0.25) is 4.79 Å². The molecular formula is C25H29N5O2. The van der Waals surface area contributed by atoms with Crippen molar-refractivity contribution < 1.29 is 9.59 Å². The van der Waals surface area contributed by atoms with Crippen molar-refractivity contribution in [2.75, 3.05) is 30.4 Å². The second-order valence-electron chi connectivity index (χ2n) is 9.19. The minimum Gasteiger partial charge on any atom is -0.356 e. The van der Waals surface area contributed by atoms with Gasteiger partial charge in [-0.05, 0) is 67.9 Å². The maximum absolute atomic E-state index is 13.3. The van der Waals surface area contributed by atoms with Gasteiger partial charge < -0.3 is 20.4 Å². The molecule has 3 atom stereocenters. The highest BCUT2D eigenvalue weighted by atomic mass is 16.2. The van der Waals surface area contributed by atoms with Crippen molar-refractivity contribution in [3.63, 3.8) is 0 Å². The van der Waals surface area contributed by atoms with Crippen molar-refractivity contribution in [2.24, 2.45) is 16.8 Å². The monoisotopic (exact) mass is 431 g/mol. The molecule has 1 saturated carbocycles. The summed E-state index contributed by atoms with van der Waals surface area (Å²) in [6.07, 6.45) is 2.81. The quantitative estimate of drug-likeness (QED) is 0.763. The van der Waals surface area contributed by atoms with Gasteiger partial charge in [0, 0.05) is 31.4 Å². The van der Waals surface area contributed by atoms with Crippen LogP contribution in [0.25, 0.3) is 0 Å². The van der Waals surface area contributed by atoms with E-state index in [1.54, 1.807) is 11.9 Å². The van der Waals surface area contributed by atoms with E-state index in [0.717, 1.165) is 35.7 Å². The highest BCUT2D eigenvalue weighted by molar-refractivity contribution is 6.12. The molecule has 7 heteroatoms. The van der Waals surface area contributed by atoms with Crippen LogP contribution < -0.4 is 15.5 Å². The predicted octanol–water partition coefficient (Wildman–Crippen LogP) is 3.60. The average Bonchev–Trinajstić information content (AvgIpc) is 3.08. The first-order valence-corrected chi connectivity index (χ1v) is 11.3. The van der Waals surface area contributed by atoms with Gasteiger partial charge in [0.1, 0.15) is 5.84 Å². The van der Waals surface area contributed by atoms with E-state index >= 15 is 0 Å². The third kappa shape index (κ3) is 3.95. The number of rotatable bonds is 2. The number of aliphatic imine (C=N–C) groups is 1. The van der Waals surface area contributed by atoms with Gasteiger partial charge in [0.05, 0.1) is 5.69 Å². The fourth-order valence-corrected chi connectivity index (χ4v) is 5.25. The van der Waals surface area contributed by atoms with E-state index in [1.807, 2.05) is 55.5 Å². The van der Waals surface area contributed by atoms with Gasteiger partial charge in [0.2, 0.25) is 6.17 Å². The number of likely N-dealkylation sites (N-methyl/N-ethyl adjacent to an activating group) is 1. The average molecular weight is 432 g/mol. The van der Waals surface area contributed by atoms with Gasteiger partial charge in [0.15, 0.2) is 0 Å². The van der Waals surface area contributed by atoms with Gasteiger partial charge in [-0.25, -0.2) is 9.79 Å². The molecule has 32 heavy (non-hydrogen) atoms. The molecule has 2 aromatic rings. The van der Waals surface area contributed by atoms with Crippen molar-refractivity contribution in [1.29, 1.82) is 0 Å². The normalized spacial score (nSPS) is 24.5. The first kappa shape index (κ1) is 20.5. The zero-order valence-electron chi connectivity index (χ0n) is 18.5. The fraction of sp³-hybridized carbons (Fsp3) is 0.400. The summed E-state index contributed by atoms with van der Waals surface area (Å²) in [4.78, 5) is 34.8. The highest BCUT2D eigenvalue weighted by Gasteiger charge is 2.38. The number of carbonyl (C=O) groups is 2. The fourth-order valence-electron chi connectivity index (χ4n) is 5.25. The lowest BCUT2D eigenvalue weighted by molar-refractivity contribution is -0.119. The van der Waals surface area contributed by atoms with Crippen LogP contribution in [0.4, 0.5) is 16.2 Å². The lowest BCUT2D eigenvalue weighted by Crippen LogP contribution is -2.48. The first-order chi connectivity index (χ1) is 15.5. The summed E-state index contributed by atoms with van der Waals surface area (Å²) < 4.78 is 0. The predicted molar refractivity (Wildman–Crippen MR) is 126 cm³/mol. The number of nitrogens with one attached hydrogen (secondary N) is 2. The number of hydrogen-bond donors (Lipinski definition) is 2. The Morgan fingerprint density at radius 1 is 1.06 bits per heavy atom. The van der Waals surface area contributed by atoms with Gasteiger partial charge in [0.25, 0.3) is 5.91 Å². The third-order valence-electron chi connectivity index (χ3n) is 6.77. The number of hydrogen-bond acceptors (Lipinski definition) is 4. The molecule has 1 saturated heterocycles. The zero-order chi connectivity index (χ0) is 22.2. The minimum absolute atomic E-state index is 0.258. The maximum Gasteiger partial charge on any atom is 0.321 e. The molecule has 0 radical (unpaired) electrons. The van der Waals surface area contributed by atoms with Gasteiger partial charge >= 0.3 is 6.03 Å². The molecule has 0 spiro atoms. The van der Waals surface area contributed by atoms with Crippen molar-refractivity contribution in [3.05, 3.63) is 59.7 Å². The van der Waals surface area contributed by atoms with Gasteiger partial charge in [-0.2, -0.15) is 0 Å². The van der Waals surface area contributed by atoms with Crippen molar-refractivity contribution in [3.8, 4) is 0 Å². The zero-order valence-corrected chi connectivity index (χ0v) is 18.5. The lowest BCUT2D eigenvalue weighted by atomic mass is 9.97. The van der Waals surface area contributed by atoms with Crippen LogP contribution in [0.2, 0.25) is 0 Å². The number of piperidine rings is 1. The van der Waals surface area contributed by atoms with E-state index in [0.29, 0.717) is 17.5 Å². The molecule has 2 bridgehead atoms. The Balaban J connectivity index is 1.45. The molecule has 2 aliphatic heterocycles. The molecule has 1 aliphatic carbocycles. The number of anilines is 2. The summed E-state index contributed by atoms with van der Waals surface area (Å²) in [6, 6.07) is 15.0. The van der Waals surface area contributed by atoms with E-state index in [9.17, 15) is 9.59 Å². The van der Waals surface area contributed by atoms with Crippen LogP contribution in [-0.2, 0) is 4.79 Å². The summed E-state index contributed by atoms with van der Waals surface area (Å²) in [5, 5.41) is 5.62. The molecule has 5 rings (SSSR count). The van der Waals surface area contributed by atoms with Crippen molar-refractivity contribution >= 4 is 29.1 Å². The number of benzene rings is 2. The Labute approximate surface area is 188 Å². The Morgan fingerprint density at radius 2 is 1.81 bits per heavy atom. The Hall–Kier alpha value is -3.35. The molecule has 3 aliphatic rings. The van der Waals surface area contributed by atoms with Crippen LogP contribution in [0, 0.1) is 18.8 Å². The van der Waals surface area contributed by atoms with E-state index in [1.165, 1.54) is 19.3 Å². The summed E-state index contributed by atoms with van der Waals surface area (Å²) in [6.45, 7) is 3.86. The second-order valence-corrected chi connectivity index (χ2v) is 9.19. The van der Waals surface area contributed by atoms with E-state index in [2.05, 4.69) is 15.5 Å². The van der Waals surface area contributed by atoms with Crippen LogP contribution in [0.3, 0.4) is 0 Å². The molecule has 2 unspecified atom stereocenters. The Kier molecular flexibility index (Phi) is 5.33. The minimum atomic E-state index is -0.994. The molecule has 0 aromatic heterocycles. The molecular weight excluding hydrogens is 402 g/mol. The van der Waals surface area contributed by atoms with Crippen LogP contribution in [0.5, 0.6) is 0 Å². The van der Waals surface area contributed by atoms with Gasteiger partial charge in [-0.15, -0.1) is 0 Å². The van der Waals surface area contributed by atoms with Crippen LogP contribution in [-0.4, -0.2) is 49.0 Å². The number of amides is 3. The summed E-state index contributed by atoms with van der Waals surface area (Å²) >= 11 is 0. The molecule has 2 heterocycles. The number of carbonyl (C=O) groups excluding carboxylic acids is 2. The van der Waals surface area contributed by atoms with E-state index < -0.39 is 12.2 Å². The number of nitrogens with zero attached hydrogens (tertiary/aromatic N) is 3. The second kappa shape index (κ2) is 8.30. The summed E-state index contributed by atoms with van der Waals surface area (Å²) in [7, 11) is 1.74. The lowest BCUT2D eigenvalue weighted by Gasteiger charge is -2.34. The van der Waals surface area contributed by atoms with Gasteiger partial charge in [-0.1, -0.05) is 24.3 Å². The number of benzodiazepines with no additional fused rings is 1. The topological polar surface area (TPSA) is 77.0 Å². The summed E-state index contributed by atoms with van der Waals surface area (Å²) in [5.74, 6) is 1.90. The standard InChI is InChI=1S/C25H29N5O2/c1-16-6-5-7-19(12-16)26-25(32)28-22-24(31)29(2)21-9-4-3-8-20(21)23(27-22)30-14-17-10-11-18(13-17)15-30/h3-9,12,17-18,22H,10-11,13-15H2,1-2H3,(H2,26,28,32)/t17?,18?,22-/m0/s1. The molecule has 166 valence electrons. The molecule has 3 amide bonds. The molecule has 2 aromatic carbocycles. The van der Waals surface area contributed by atoms with Crippen molar-refractivity contribution in [2.45, 2.75) is 32.4 Å². The van der Waals surface area contributed by atoms with Crippen LogP contribution in [0.15, 0.2) is 53.5 Å². The Morgan fingerprint density at radius 3 is 2.56 bits per heavy atom.